The predicted octanol–water partition coefficient (Wildman–Crippen LogP) is 1.26. The average molecular weight is 105 g/mol. The summed E-state index contributed by atoms with van der Waals surface area (Å²) >= 11 is 1.76. The summed E-state index contributed by atoms with van der Waals surface area (Å²) < 4.78 is 3.11. The standard InChI is InChI=1S/C4H11NS/c1-3-5-6-4-2/h5H,3-4H2,1-2H3. The Hall–Kier alpha value is 0.310. The molecular weight excluding hydrogens is 94.1 g/mol. The first-order valence-electron chi connectivity index (χ1n) is 2.26. The highest BCUT2D eigenvalue weighted by Gasteiger charge is 1.71. The molecule has 0 fully saturated rings. The Bertz CT molecular complexity index is 19.5. The van der Waals surface area contributed by atoms with Crippen molar-refractivity contribution in [3.05, 3.63) is 0 Å². The molecule has 0 saturated heterocycles. The van der Waals surface area contributed by atoms with Gasteiger partial charge in [0.2, 0.25) is 0 Å². The van der Waals surface area contributed by atoms with Crippen LogP contribution in [0.2, 0.25) is 0 Å². The highest BCUT2D eigenvalue weighted by Crippen LogP contribution is 1.86. The minimum atomic E-state index is 1.07. The van der Waals surface area contributed by atoms with Crippen LogP contribution < -0.4 is 4.72 Å². The number of hydrogen-bond donors (Lipinski definition) is 1. The van der Waals surface area contributed by atoms with Gasteiger partial charge in [0.15, 0.2) is 0 Å². The van der Waals surface area contributed by atoms with Gasteiger partial charge < -0.3 is 0 Å². The Kier molecular flexibility index (Phi) is 5.58. The van der Waals surface area contributed by atoms with Crippen LogP contribution in [-0.2, 0) is 0 Å². The molecule has 0 heterocycles. The summed E-state index contributed by atoms with van der Waals surface area (Å²) in [5.41, 5.74) is 0. The normalized spacial score (nSPS) is 9.00. The molecule has 0 aromatic rings. The molecule has 0 atom stereocenters. The largest absolute Gasteiger partial charge is 0.264 e. The molecule has 0 spiro atoms. The van der Waals surface area contributed by atoms with E-state index in [4.69, 9.17) is 0 Å². The third kappa shape index (κ3) is 4.31. The second-order valence-electron chi connectivity index (χ2n) is 0.931. The van der Waals surface area contributed by atoms with Crippen molar-refractivity contribution in [2.45, 2.75) is 13.8 Å². The fraction of sp³-hybridized carbons (Fsp3) is 1.00. The van der Waals surface area contributed by atoms with Gasteiger partial charge in [-0.3, -0.25) is 4.72 Å². The molecule has 0 aromatic carbocycles. The van der Waals surface area contributed by atoms with Gasteiger partial charge in [-0.1, -0.05) is 25.8 Å². The Morgan fingerprint density at radius 3 is 2.33 bits per heavy atom. The molecule has 0 aliphatic rings. The zero-order chi connectivity index (χ0) is 4.83. The van der Waals surface area contributed by atoms with Crippen molar-refractivity contribution in [3.63, 3.8) is 0 Å². The van der Waals surface area contributed by atoms with E-state index in [2.05, 4.69) is 18.6 Å². The maximum atomic E-state index is 3.11. The zero-order valence-corrected chi connectivity index (χ0v) is 5.14. The molecule has 1 nitrogen and oxygen atoms in total. The lowest BCUT2D eigenvalue weighted by molar-refractivity contribution is 1.03. The van der Waals surface area contributed by atoms with Gasteiger partial charge in [-0.2, -0.15) is 0 Å². The molecule has 0 aliphatic heterocycles. The molecule has 1 N–H and O–H groups in total. The molecule has 6 heavy (non-hydrogen) atoms. The highest BCUT2D eigenvalue weighted by molar-refractivity contribution is 7.97. The van der Waals surface area contributed by atoms with Gasteiger partial charge in [-0.05, 0) is 0 Å². The summed E-state index contributed by atoms with van der Waals surface area (Å²) in [6.45, 7) is 5.30. The fourth-order valence-electron chi connectivity index (χ4n) is 0.204. The number of hydrogen-bond acceptors (Lipinski definition) is 2. The fourth-order valence-corrected chi connectivity index (χ4v) is 0.612. The zero-order valence-electron chi connectivity index (χ0n) is 4.32. The van der Waals surface area contributed by atoms with Gasteiger partial charge in [-0.15, -0.1) is 0 Å². The molecule has 0 unspecified atom stereocenters. The van der Waals surface area contributed by atoms with Gasteiger partial charge in [0.1, 0.15) is 0 Å². The van der Waals surface area contributed by atoms with E-state index in [1.165, 1.54) is 0 Å². The molecule has 0 aliphatic carbocycles. The highest BCUT2D eigenvalue weighted by atomic mass is 32.2. The van der Waals surface area contributed by atoms with Crippen molar-refractivity contribution in [3.8, 4) is 0 Å². The van der Waals surface area contributed by atoms with Crippen LogP contribution in [0.15, 0.2) is 0 Å². The molecule has 0 radical (unpaired) electrons. The van der Waals surface area contributed by atoms with Gasteiger partial charge in [0.25, 0.3) is 0 Å². The van der Waals surface area contributed by atoms with Crippen LogP contribution >= 0.6 is 11.9 Å². The Morgan fingerprint density at radius 2 is 2.17 bits per heavy atom. The van der Waals surface area contributed by atoms with Gasteiger partial charge in [-0.25, -0.2) is 0 Å². The first kappa shape index (κ1) is 6.31. The minimum Gasteiger partial charge on any atom is -0.264 e. The summed E-state index contributed by atoms with van der Waals surface area (Å²) in [6, 6.07) is 0. The summed E-state index contributed by atoms with van der Waals surface area (Å²) in [5.74, 6) is 1.16. The molecule has 0 amide bonds. The van der Waals surface area contributed by atoms with E-state index in [1.54, 1.807) is 11.9 Å². The van der Waals surface area contributed by atoms with Crippen molar-refractivity contribution < 1.29 is 0 Å². The van der Waals surface area contributed by atoms with E-state index >= 15 is 0 Å². The van der Waals surface area contributed by atoms with Crippen LogP contribution in [0, 0.1) is 0 Å². The number of rotatable bonds is 3. The quantitative estimate of drug-likeness (QED) is 0.428. The summed E-state index contributed by atoms with van der Waals surface area (Å²) in [5, 5.41) is 0. The van der Waals surface area contributed by atoms with Crippen molar-refractivity contribution >= 4 is 11.9 Å². The van der Waals surface area contributed by atoms with Gasteiger partial charge >= 0.3 is 0 Å². The van der Waals surface area contributed by atoms with Crippen molar-refractivity contribution in [2.75, 3.05) is 12.3 Å². The summed E-state index contributed by atoms with van der Waals surface area (Å²) in [4.78, 5) is 0. The van der Waals surface area contributed by atoms with Gasteiger partial charge in [0, 0.05) is 12.3 Å². The van der Waals surface area contributed by atoms with Crippen LogP contribution in [-0.4, -0.2) is 12.3 Å². The summed E-state index contributed by atoms with van der Waals surface area (Å²) in [6.07, 6.45) is 0. The molecule has 2 heteroatoms. The molecule has 0 bridgehead atoms. The third-order valence-corrected chi connectivity index (χ3v) is 1.17. The first-order valence-corrected chi connectivity index (χ1v) is 3.25. The van der Waals surface area contributed by atoms with Crippen LogP contribution in [0.1, 0.15) is 13.8 Å². The molecule has 0 rings (SSSR count). The predicted molar refractivity (Wildman–Crippen MR) is 31.8 cm³/mol. The van der Waals surface area contributed by atoms with Crippen molar-refractivity contribution in [2.24, 2.45) is 0 Å². The van der Waals surface area contributed by atoms with E-state index < -0.39 is 0 Å². The van der Waals surface area contributed by atoms with Crippen LogP contribution in [0.5, 0.6) is 0 Å². The van der Waals surface area contributed by atoms with Crippen LogP contribution in [0.4, 0.5) is 0 Å². The lowest BCUT2D eigenvalue weighted by atomic mass is 10.8. The number of nitrogens with one attached hydrogen (secondary N) is 1. The maximum absolute atomic E-state index is 3.11. The van der Waals surface area contributed by atoms with E-state index in [1.807, 2.05) is 0 Å². The Labute approximate surface area is 43.6 Å². The lowest BCUT2D eigenvalue weighted by Gasteiger charge is -1.91. The second-order valence-corrected chi connectivity index (χ2v) is 2.09. The molecule has 38 valence electrons. The molecular formula is C4H11NS. The monoisotopic (exact) mass is 105 g/mol. The van der Waals surface area contributed by atoms with Gasteiger partial charge in [0.05, 0.1) is 0 Å². The van der Waals surface area contributed by atoms with Crippen LogP contribution in [0.3, 0.4) is 0 Å². The molecule has 0 aromatic heterocycles. The van der Waals surface area contributed by atoms with E-state index in [-0.39, 0.29) is 0 Å². The van der Waals surface area contributed by atoms with E-state index in [9.17, 15) is 0 Å². The second kappa shape index (κ2) is 5.31. The smallest absolute Gasteiger partial charge is 0.00502 e. The average Bonchev–Trinajstić information content (AvgIpc) is 1.61. The maximum Gasteiger partial charge on any atom is 0.00502 e. The SMILES string of the molecule is CCNSCC. The lowest BCUT2D eigenvalue weighted by Crippen LogP contribution is -1.99. The van der Waals surface area contributed by atoms with Crippen LogP contribution in [0.25, 0.3) is 0 Å². The molecule has 0 saturated carbocycles. The van der Waals surface area contributed by atoms with Crippen molar-refractivity contribution in [1.29, 1.82) is 0 Å². The Balaban J connectivity index is 2.34. The summed E-state index contributed by atoms with van der Waals surface area (Å²) in [7, 11) is 0. The Morgan fingerprint density at radius 1 is 1.50 bits per heavy atom. The minimum absolute atomic E-state index is 1.07. The van der Waals surface area contributed by atoms with E-state index in [0.29, 0.717) is 0 Å². The first-order chi connectivity index (χ1) is 2.91. The third-order valence-electron chi connectivity index (χ3n) is 0.391. The van der Waals surface area contributed by atoms with Crippen molar-refractivity contribution in [1.82, 2.24) is 4.72 Å². The van der Waals surface area contributed by atoms with E-state index in [0.717, 1.165) is 12.3 Å². The topological polar surface area (TPSA) is 12.0 Å².